The Morgan fingerprint density at radius 2 is 1.88 bits per heavy atom. The van der Waals surface area contributed by atoms with E-state index in [1.807, 2.05) is 0 Å². The lowest BCUT2D eigenvalue weighted by Crippen LogP contribution is -2.44. The van der Waals surface area contributed by atoms with Crippen molar-refractivity contribution in [1.29, 1.82) is 0 Å². The van der Waals surface area contributed by atoms with Crippen molar-refractivity contribution in [2.75, 3.05) is 6.54 Å². The second-order valence-electron chi connectivity index (χ2n) is 9.99. The summed E-state index contributed by atoms with van der Waals surface area (Å²) in [6.45, 7) is 17.6. The number of fused-ring (bicyclic) bond motifs is 2. The molecule has 4 atom stereocenters. The molecule has 3 rings (SSSR count). The minimum atomic E-state index is 0.638. The SMILES string of the molecule is C=C1CCC2CC1C/C(C)=C(C)/C=C(/C(C)C)CC(C)C2NCC1CC1. The fraction of sp³-hybridized carbons (Fsp3) is 0.760. The maximum Gasteiger partial charge on any atom is 0.0124 e. The molecule has 1 N–H and O–H groups in total. The van der Waals surface area contributed by atoms with Crippen molar-refractivity contribution in [3.63, 3.8) is 0 Å². The van der Waals surface area contributed by atoms with E-state index in [-0.39, 0.29) is 0 Å². The maximum absolute atomic E-state index is 4.46. The van der Waals surface area contributed by atoms with Gasteiger partial charge in [-0.05, 0) is 94.9 Å². The molecular formula is C25H41N. The Balaban J connectivity index is 1.89. The van der Waals surface area contributed by atoms with Crippen LogP contribution in [0, 0.1) is 29.6 Å². The highest BCUT2D eigenvalue weighted by Crippen LogP contribution is 2.41. The molecule has 0 aliphatic heterocycles. The molecule has 0 saturated heterocycles. The van der Waals surface area contributed by atoms with Crippen molar-refractivity contribution in [2.45, 2.75) is 85.6 Å². The maximum atomic E-state index is 4.46. The third-order valence-corrected chi connectivity index (χ3v) is 7.39. The van der Waals surface area contributed by atoms with Crippen molar-refractivity contribution in [1.82, 2.24) is 5.32 Å². The van der Waals surface area contributed by atoms with E-state index in [9.17, 15) is 0 Å². The molecule has 3 aliphatic rings. The summed E-state index contributed by atoms with van der Waals surface area (Å²) < 4.78 is 0. The van der Waals surface area contributed by atoms with E-state index >= 15 is 0 Å². The summed E-state index contributed by atoms with van der Waals surface area (Å²) >= 11 is 0. The molecule has 146 valence electrons. The van der Waals surface area contributed by atoms with Crippen LogP contribution in [-0.4, -0.2) is 12.6 Å². The van der Waals surface area contributed by atoms with Gasteiger partial charge in [-0.3, -0.25) is 0 Å². The molecule has 2 saturated carbocycles. The van der Waals surface area contributed by atoms with Gasteiger partial charge in [-0.15, -0.1) is 0 Å². The lowest BCUT2D eigenvalue weighted by molar-refractivity contribution is 0.200. The second kappa shape index (κ2) is 8.46. The molecular weight excluding hydrogens is 314 g/mol. The number of nitrogens with one attached hydrogen (secondary N) is 1. The average Bonchev–Trinajstić information content (AvgIpc) is 3.40. The minimum Gasteiger partial charge on any atom is -0.313 e. The first kappa shape index (κ1) is 19.9. The van der Waals surface area contributed by atoms with Gasteiger partial charge in [0.05, 0.1) is 0 Å². The van der Waals surface area contributed by atoms with Crippen LogP contribution in [0.2, 0.25) is 0 Å². The zero-order chi connectivity index (χ0) is 18.8. The first-order chi connectivity index (χ1) is 12.3. The van der Waals surface area contributed by atoms with Crippen LogP contribution in [0.15, 0.2) is 34.9 Å². The highest BCUT2D eigenvalue weighted by atomic mass is 14.9. The third kappa shape index (κ3) is 4.91. The molecule has 1 heteroatoms. The molecule has 0 spiro atoms. The summed E-state index contributed by atoms with van der Waals surface area (Å²) in [5.74, 6) is 3.82. The molecule has 0 aromatic rings. The summed E-state index contributed by atoms with van der Waals surface area (Å²) in [5.41, 5.74) is 6.23. The quantitative estimate of drug-likeness (QED) is 0.555. The molecule has 0 aromatic heterocycles. The summed E-state index contributed by atoms with van der Waals surface area (Å²) in [4.78, 5) is 0. The van der Waals surface area contributed by atoms with Crippen molar-refractivity contribution >= 4 is 0 Å². The van der Waals surface area contributed by atoms with E-state index in [2.05, 4.69) is 52.6 Å². The largest absolute Gasteiger partial charge is 0.313 e. The van der Waals surface area contributed by atoms with E-state index < -0.39 is 0 Å². The van der Waals surface area contributed by atoms with E-state index in [0.717, 1.165) is 11.8 Å². The molecule has 2 bridgehead atoms. The first-order valence-corrected chi connectivity index (χ1v) is 11.1. The molecule has 0 aromatic carbocycles. The molecule has 1 nitrogen and oxygen atoms in total. The van der Waals surface area contributed by atoms with Gasteiger partial charge in [-0.1, -0.05) is 55.7 Å². The van der Waals surface area contributed by atoms with Gasteiger partial charge in [0.2, 0.25) is 0 Å². The molecule has 3 aliphatic carbocycles. The van der Waals surface area contributed by atoms with Gasteiger partial charge in [-0.2, -0.15) is 0 Å². The Morgan fingerprint density at radius 3 is 2.54 bits per heavy atom. The summed E-state index contributed by atoms with van der Waals surface area (Å²) in [6.07, 6.45) is 11.8. The standard InChI is InChI=1S/C25H41N/c1-16(2)23-11-18(4)19(5)12-24-14-22(10-7-17(24)3)25(20(6)13-23)26-15-21-8-9-21/h11,16,20-22,24-26H,3,7-10,12-15H2,1-2,4-6H3/b19-18+,23-11+. The van der Waals surface area contributed by atoms with Crippen LogP contribution in [-0.2, 0) is 0 Å². The van der Waals surface area contributed by atoms with E-state index in [0.29, 0.717) is 23.8 Å². The Hall–Kier alpha value is -0.820. The van der Waals surface area contributed by atoms with Gasteiger partial charge < -0.3 is 5.32 Å². The fourth-order valence-electron chi connectivity index (χ4n) is 5.13. The Bertz CT molecular complexity index is 575. The van der Waals surface area contributed by atoms with Gasteiger partial charge in [0.25, 0.3) is 0 Å². The number of hydrogen-bond acceptors (Lipinski definition) is 1. The normalized spacial score (nSPS) is 38.7. The molecule has 2 fully saturated rings. The van der Waals surface area contributed by atoms with Gasteiger partial charge >= 0.3 is 0 Å². The zero-order valence-electron chi connectivity index (χ0n) is 17.9. The Kier molecular flexibility index (Phi) is 6.49. The molecule has 4 unspecified atom stereocenters. The van der Waals surface area contributed by atoms with Crippen LogP contribution >= 0.6 is 0 Å². The highest BCUT2D eigenvalue weighted by Gasteiger charge is 2.35. The molecule has 26 heavy (non-hydrogen) atoms. The van der Waals surface area contributed by atoms with Crippen molar-refractivity contribution < 1.29 is 0 Å². The second-order valence-corrected chi connectivity index (χ2v) is 9.99. The molecule has 0 heterocycles. The smallest absolute Gasteiger partial charge is 0.0124 e. The average molecular weight is 356 g/mol. The lowest BCUT2D eigenvalue weighted by atomic mass is 9.70. The summed E-state index contributed by atoms with van der Waals surface area (Å²) in [6, 6.07) is 0.673. The van der Waals surface area contributed by atoms with Crippen LogP contribution in [0.5, 0.6) is 0 Å². The van der Waals surface area contributed by atoms with Gasteiger partial charge in [-0.25, -0.2) is 0 Å². The molecule has 0 radical (unpaired) electrons. The first-order valence-electron chi connectivity index (χ1n) is 11.1. The zero-order valence-corrected chi connectivity index (χ0v) is 17.9. The van der Waals surface area contributed by atoms with Crippen molar-refractivity contribution in [2.24, 2.45) is 29.6 Å². The number of allylic oxidation sites excluding steroid dienone is 5. The van der Waals surface area contributed by atoms with Gasteiger partial charge in [0.1, 0.15) is 0 Å². The van der Waals surface area contributed by atoms with Crippen molar-refractivity contribution in [3.8, 4) is 0 Å². The molecule has 0 amide bonds. The number of hydrogen-bond donors (Lipinski definition) is 1. The highest BCUT2D eigenvalue weighted by molar-refractivity contribution is 5.29. The van der Waals surface area contributed by atoms with Crippen LogP contribution in [0.4, 0.5) is 0 Å². The summed E-state index contributed by atoms with van der Waals surface area (Å²) in [7, 11) is 0. The number of rotatable bonds is 4. The topological polar surface area (TPSA) is 12.0 Å². The summed E-state index contributed by atoms with van der Waals surface area (Å²) in [5, 5.41) is 4.05. The van der Waals surface area contributed by atoms with Crippen molar-refractivity contribution in [3.05, 3.63) is 34.9 Å². The predicted octanol–water partition coefficient (Wildman–Crippen LogP) is 6.68. The Labute approximate surface area is 162 Å². The third-order valence-electron chi connectivity index (χ3n) is 7.39. The van der Waals surface area contributed by atoms with E-state index in [1.165, 1.54) is 62.6 Å². The lowest BCUT2D eigenvalue weighted by Gasteiger charge is -2.39. The van der Waals surface area contributed by atoms with Gasteiger partial charge in [0, 0.05) is 6.04 Å². The fourth-order valence-corrected chi connectivity index (χ4v) is 5.13. The van der Waals surface area contributed by atoms with E-state index in [1.54, 1.807) is 11.1 Å². The Morgan fingerprint density at radius 1 is 1.15 bits per heavy atom. The monoisotopic (exact) mass is 355 g/mol. The van der Waals surface area contributed by atoms with Crippen LogP contribution in [0.3, 0.4) is 0 Å². The van der Waals surface area contributed by atoms with Crippen LogP contribution in [0.25, 0.3) is 0 Å². The van der Waals surface area contributed by atoms with Gasteiger partial charge in [0.15, 0.2) is 0 Å². The van der Waals surface area contributed by atoms with E-state index in [4.69, 9.17) is 0 Å². The minimum absolute atomic E-state index is 0.638. The van der Waals surface area contributed by atoms with Crippen LogP contribution in [0.1, 0.15) is 79.6 Å². The van der Waals surface area contributed by atoms with Crippen LogP contribution < -0.4 is 5.32 Å². The predicted molar refractivity (Wildman–Crippen MR) is 114 cm³/mol.